The van der Waals surface area contributed by atoms with Crippen molar-refractivity contribution in [3.05, 3.63) is 52.0 Å². The standard InChI is InChI=1S/C17H14Cl2N2O3S/c18-11-2-3-13(12(19)8-11)20-17(22)21-5-6-25-16(21)10-1-4-14-15(7-10)24-9-23-14/h1-4,7-8,16H,5-6,9H2,(H,20,22). The molecule has 25 heavy (non-hydrogen) atoms. The largest absolute Gasteiger partial charge is 0.454 e. The zero-order chi connectivity index (χ0) is 17.4. The zero-order valence-electron chi connectivity index (χ0n) is 13.0. The lowest BCUT2D eigenvalue weighted by atomic mass is 10.2. The van der Waals surface area contributed by atoms with Crippen molar-refractivity contribution in [2.75, 3.05) is 24.4 Å². The Labute approximate surface area is 159 Å². The van der Waals surface area contributed by atoms with Crippen molar-refractivity contribution in [1.29, 1.82) is 0 Å². The topological polar surface area (TPSA) is 50.8 Å². The monoisotopic (exact) mass is 396 g/mol. The molecule has 1 fully saturated rings. The summed E-state index contributed by atoms with van der Waals surface area (Å²) in [4.78, 5) is 14.5. The van der Waals surface area contributed by atoms with Crippen molar-refractivity contribution < 1.29 is 14.3 Å². The van der Waals surface area contributed by atoms with Crippen LogP contribution in [0.15, 0.2) is 36.4 Å². The van der Waals surface area contributed by atoms with Crippen molar-refractivity contribution in [1.82, 2.24) is 4.90 Å². The SMILES string of the molecule is O=C(Nc1ccc(Cl)cc1Cl)N1CCSC1c1ccc2c(c1)OCO2. The highest BCUT2D eigenvalue weighted by Gasteiger charge is 2.32. The van der Waals surface area contributed by atoms with Gasteiger partial charge in [0.05, 0.1) is 10.7 Å². The maximum Gasteiger partial charge on any atom is 0.323 e. The molecule has 1 saturated heterocycles. The minimum atomic E-state index is -0.197. The van der Waals surface area contributed by atoms with Crippen LogP contribution >= 0.6 is 35.0 Å². The highest BCUT2D eigenvalue weighted by Crippen LogP contribution is 2.42. The van der Waals surface area contributed by atoms with Crippen LogP contribution in [-0.2, 0) is 0 Å². The number of hydrogen-bond donors (Lipinski definition) is 1. The van der Waals surface area contributed by atoms with Gasteiger partial charge in [0.15, 0.2) is 11.5 Å². The van der Waals surface area contributed by atoms with Gasteiger partial charge in [0.1, 0.15) is 5.37 Å². The molecule has 2 heterocycles. The van der Waals surface area contributed by atoms with Gasteiger partial charge in [0.25, 0.3) is 0 Å². The third kappa shape index (κ3) is 3.34. The minimum absolute atomic E-state index is 0.0828. The lowest BCUT2D eigenvalue weighted by molar-refractivity contribution is 0.174. The second kappa shape index (κ2) is 6.86. The van der Waals surface area contributed by atoms with Crippen LogP contribution in [0.25, 0.3) is 0 Å². The third-order valence-corrected chi connectivity index (χ3v) is 5.81. The molecule has 1 atom stereocenters. The lowest BCUT2D eigenvalue weighted by Gasteiger charge is -2.24. The molecule has 0 radical (unpaired) electrons. The Morgan fingerprint density at radius 1 is 1.16 bits per heavy atom. The third-order valence-electron chi connectivity index (χ3n) is 4.01. The molecule has 2 aliphatic rings. The number of hydrogen-bond acceptors (Lipinski definition) is 4. The summed E-state index contributed by atoms with van der Waals surface area (Å²) in [7, 11) is 0. The Morgan fingerprint density at radius 2 is 2.00 bits per heavy atom. The second-order valence-corrected chi connectivity index (χ2v) is 7.62. The summed E-state index contributed by atoms with van der Waals surface area (Å²) in [6, 6.07) is 10.6. The van der Waals surface area contributed by atoms with Crippen LogP contribution in [0.3, 0.4) is 0 Å². The number of nitrogens with one attached hydrogen (secondary N) is 1. The number of benzene rings is 2. The van der Waals surface area contributed by atoms with Crippen LogP contribution in [0, 0.1) is 0 Å². The molecule has 2 aromatic rings. The molecule has 4 rings (SSSR count). The summed E-state index contributed by atoms with van der Waals surface area (Å²) in [6.45, 7) is 0.886. The molecule has 1 unspecified atom stereocenters. The van der Waals surface area contributed by atoms with Crippen LogP contribution in [0.2, 0.25) is 10.0 Å². The van der Waals surface area contributed by atoms with E-state index in [0.29, 0.717) is 28.0 Å². The second-order valence-electron chi connectivity index (χ2n) is 5.58. The van der Waals surface area contributed by atoms with E-state index >= 15 is 0 Å². The van der Waals surface area contributed by atoms with Crippen LogP contribution in [0.5, 0.6) is 11.5 Å². The predicted molar refractivity (Wildman–Crippen MR) is 100.0 cm³/mol. The first kappa shape index (κ1) is 16.7. The van der Waals surface area contributed by atoms with E-state index in [-0.39, 0.29) is 18.2 Å². The number of urea groups is 1. The summed E-state index contributed by atoms with van der Waals surface area (Å²) in [5.74, 6) is 2.31. The van der Waals surface area contributed by atoms with Crippen LogP contribution < -0.4 is 14.8 Å². The Morgan fingerprint density at radius 3 is 2.84 bits per heavy atom. The van der Waals surface area contributed by atoms with E-state index < -0.39 is 0 Å². The van der Waals surface area contributed by atoms with E-state index in [9.17, 15) is 4.79 Å². The summed E-state index contributed by atoms with van der Waals surface area (Å²) in [5.41, 5.74) is 1.54. The zero-order valence-corrected chi connectivity index (χ0v) is 15.3. The van der Waals surface area contributed by atoms with Crippen LogP contribution in [-0.4, -0.2) is 30.0 Å². The predicted octanol–water partition coefficient (Wildman–Crippen LogP) is 5.00. The number of amides is 2. The molecule has 0 aromatic heterocycles. The van der Waals surface area contributed by atoms with E-state index in [1.807, 2.05) is 18.2 Å². The van der Waals surface area contributed by atoms with Crippen molar-refractivity contribution in [2.45, 2.75) is 5.37 Å². The fraction of sp³-hybridized carbons (Fsp3) is 0.235. The Kier molecular flexibility index (Phi) is 4.58. The van der Waals surface area contributed by atoms with Gasteiger partial charge in [0, 0.05) is 17.3 Å². The minimum Gasteiger partial charge on any atom is -0.454 e. The molecule has 0 aliphatic carbocycles. The number of nitrogens with zero attached hydrogens (tertiary/aromatic N) is 1. The fourth-order valence-electron chi connectivity index (χ4n) is 2.80. The van der Waals surface area contributed by atoms with E-state index in [4.69, 9.17) is 32.7 Å². The van der Waals surface area contributed by atoms with Gasteiger partial charge in [-0.2, -0.15) is 0 Å². The maximum absolute atomic E-state index is 12.7. The first-order chi connectivity index (χ1) is 12.1. The van der Waals surface area contributed by atoms with Gasteiger partial charge in [-0.05, 0) is 35.9 Å². The Balaban J connectivity index is 1.53. The first-order valence-corrected chi connectivity index (χ1v) is 9.46. The molecular weight excluding hydrogens is 383 g/mol. The van der Waals surface area contributed by atoms with Gasteiger partial charge in [-0.3, -0.25) is 0 Å². The summed E-state index contributed by atoms with van der Waals surface area (Å²) >= 11 is 13.8. The number of thioether (sulfide) groups is 1. The van der Waals surface area contributed by atoms with Gasteiger partial charge in [0.2, 0.25) is 6.79 Å². The van der Waals surface area contributed by atoms with Gasteiger partial charge in [-0.15, -0.1) is 11.8 Å². The molecule has 8 heteroatoms. The molecule has 0 saturated carbocycles. The fourth-order valence-corrected chi connectivity index (χ4v) is 4.50. The molecular formula is C17H14Cl2N2O3S. The number of rotatable bonds is 2. The van der Waals surface area contributed by atoms with Crippen LogP contribution in [0.1, 0.15) is 10.9 Å². The normalized spacial score (nSPS) is 18.5. The molecule has 0 bridgehead atoms. The number of ether oxygens (including phenoxy) is 2. The number of carbonyl (C=O) groups is 1. The highest BCUT2D eigenvalue weighted by atomic mass is 35.5. The number of fused-ring (bicyclic) bond motifs is 1. The van der Waals surface area contributed by atoms with E-state index in [1.165, 1.54) is 0 Å². The van der Waals surface area contributed by atoms with Crippen molar-refractivity contribution in [3.8, 4) is 11.5 Å². The molecule has 2 amide bonds. The smallest absolute Gasteiger partial charge is 0.323 e. The van der Waals surface area contributed by atoms with Crippen molar-refractivity contribution in [2.24, 2.45) is 0 Å². The Bertz CT molecular complexity index is 834. The number of halogens is 2. The van der Waals surface area contributed by atoms with E-state index in [2.05, 4.69) is 5.32 Å². The summed E-state index contributed by atoms with van der Waals surface area (Å²) in [5, 5.41) is 3.71. The summed E-state index contributed by atoms with van der Waals surface area (Å²) in [6.07, 6.45) is 0. The molecule has 130 valence electrons. The average Bonchev–Trinajstić information content (AvgIpc) is 3.25. The lowest BCUT2D eigenvalue weighted by Crippen LogP contribution is -2.34. The Hall–Kier alpha value is -1.76. The quantitative estimate of drug-likeness (QED) is 0.775. The number of anilines is 1. The average molecular weight is 397 g/mol. The first-order valence-electron chi connectivity index (χ1n) is 7.65. The molecule has 1 N–H and O–H groups in total. The van der Waals surface area contributed by atoms with Crippen LogP contribution in [0.4, 0.5) is 10.5 Å². The highest BCUT2D eigenvalue weighted by molar-refractivity contribution is 7.99. The maximum atomic E-state index is 12.7. The number of carbonyl (C=O) groups excluding carboxylic acids is 1. The molecule has 2 aromatic carbocycles. The van der Waals surface area contributed by atoms with Crippen molar-refractivity contribution >= 4 is 46.7 Å². The molecule has 0 spiro atoms. The molecule has 2 aliphatic heterocycles. The van der Waals surface area contributed by atoms with E-state index in [1.54, 1.807) is 34.9 Å². The molecule has 5 nitrogen and oxygen atoms in total. The summed E-state index contributed by atoms with van der Waals surface area (Å²) < 4.78 is 10.8. The van der Waals surface area contributed by atoms with Gasteiger partial charge in [-0.25, -0.2) is 4.79 Å². The van der Waals surface area contributed by atoms with Gasteiger partial charge >= 0.3 is 6.03 Å². The van der Waals surface area contributed by atoms with Gasteiger partial charge < -0.3 is 19.7 Å². The van der Waals surface area contributed by atoms with Gasteiger partial charge in [-0.1, -0.05) is 29.3 Å². The van der Waals surface area contributed by atoms with Crippen molar-refractivity contribution in [3.63, 3.8) is 0 Å². The van der Waals surface area contributed by atoms with E-state index in [0.717, 1.165) is 17.1 Å².